The molecule has 0 bridgehead atoms. The highest BCUT2D eigenvalue weighted by Gasteiger charge is 2.22. The summed E-state index contributed by atoms with van der Waals surface area (Å²) in [5, 5.41) is 4.02. The highest BCUT2D eigenvalue weighted by molar-refractivity contribution is 5.85. The molecular formula is C26H34N4O2. The first-order valence-electron chi connectivity index (χ1n) is 11.4. The lowest BCUT2D eigenvalue weighted by Gasteiger charge is -2.29. The van der Waals surface area contributed by atoms with Crippen LogP contribution in [0.2, 0.25) is 0 Å². The lowest BCUT2D eigenvalue weighted by atomic mass is 10.1. The van der Waals surface area contributed by atoms with Gasteiger partial charge in [0.05, 0.1) is 0 Å². The third-order valence-corrected chi connectivity index (χ3v) is 5.42. The topological polar surface area (TPSA) is 68.4 Å². The van der Waals surface area contributed by atoms with Crippen LogP contribution in [0.4, 0.5) is 4.79 Å². The lowest BCUT2D eigenvalue weighted by molar-refractivity contribution is -0.132. The van der Waals surface area contributed by atoms with Crippen LogP contribution in [0.3, 0.4) is 0 Å². The average molecular weight is 435 g/mol. The number of amides is 3. The summed E-state index contributed by atoms with van der Waals surface area (Å²) in [5.41, 5.74) is 3.37. The van der Waals surface area contributed by atoms with Gasteiger partial charge in [0.15, 0.2) is 0 Å². The Hall–Kier alpha value is -3.28. The second-order valence-electron chi connectivity index (χ2n) is 8.52. The van der Waals surface area contributed by atoms with Crippen molar-refractivity contribution in [3.8, 4) is 0 Å². The summed E-state index contributed by atoms with van der Waals surface area (Å²) in [5.74, 6) is 0.236. The van der Waals surface area contributed by atoms with Crippen LogP contribution < -0.4 is 5.32 Å². The van der Waals surface area contributed by atoms with E-state index in [1.807, 2.05) is 60.5 Å². The maximum Gasteiger partial charge on any atom is 0.317 e. The van der Waals surface area contributed by atoms with Gasteiger partial charge in [-0.15, -0.1) is 0 Å². The Morgan fingerprint density at radius 2 is 1.72 bits per heavy atom. The predicted octanol–water partition coefficient (Wildman–Crippen LogP) is 4.43. The molecule has 6 heteroatoms. The van der Waals surface area contributed by atoms with Gasteiger partial charge in [-0.05, 0) is 36.5 Å². The summed E-state index contributed by atoms with van der Waals surface area (Å²) in [6.07, 6.45) is 2.77. The molecule has 0 aliphatic carbocycles. The highest BCUT2D eigenvalue weighted by atomic mass is 16.2. The van der Waals surface area contributed by atoms with Gasteiger partial charge >= 0.3 is 6.03 Å². The fraction of sp³-hybridized carbons (Fsp3) is 0.385. The van der Waals surface area contributed by atoms with Gasteiger partial charge in [0.1, 0.15) is 6.54 Å². The van der Waals surface area contributed by atoms with Crippen molar-refractivity contribution < 1.29 is 9.59 Å². The standard InChI is InChI=1S/C26H34N4O2/c1-4-27-26(32)30(17-20(2)3)19-25(31)29(18-21-10-6-5-7-11-21)15-14-22-16-28-24-13-9-8-12-23(22)24/h5-13,16,20,28H,4,14-15,17-19H2,1-3H3,(H,27,32). The minimum absolute atomic E-state index is 0.0411. The molecule has 0 fully saturated rings. The summed E-state index contributed by atoms with van der Waals surface area (Å²) in [6, 6.07) is 18.0. The largest absolute Gasteiger partial charge is 0.361 e. The molecule has 0 saturated heterocycles. The Morgan fingerprint density at radius 3 is 2.44 bits per heavy atom. The van der Waals surface area contributed by atoms with Crippen molar-refractivity contribution in [2.75, 3.05) is 26.2 Å². The number of urea groups is 1. The zero-order chi connectivity index (χ0) is 22.9. The molecule has 3 rings (SSSR count). The highest BCUT2D eigenvalue weighted by Crippen LogP contribution is 2.19. The van der Waals surface area contributed by atoms with E-state index < -0.39 is 0 Å². The molecule has 0 aliphatic rings. The normalized spacial score (nSPS) is 11.0. The quantitative estimate of drug-likeness (QED) is 0.496. The molecule has 0 atom stereocenters. The van der Waals surface area contributed by atoms with Crippen molar-refractivity contribution in [2.45, 2.75) is 33.7 Å². The molecule has 1 heterocycles. The molecule has 6 nitrogen and oxygen atoms in total. The minimum Gasteiger partial charge on any atom is -0.361 e. The van der Waals surface area contributed by atoms with Crippen molar-refractivity contribution in [3.63, 3.8) is 0 Å². The van der Waals surface area contributed by atoms with E-state index in [0.717, 1.165) is 17.5 Å². The van der Waals surface area contributed by atoms with Gasteiger partial charge in [0.2, 0.25) is 5.91 Å². The van der Waals surface area contributed by atoms with E-state index in [-0.39, 0.29) is 24.4 Å². The van der Waals surface area contributed by atoms with E-state index in [9.17, 15) is 9.59 Å². The Labute approximate surface area is 190 Å². The van der Waals surface area contributed by atoms with Crippen molar-refractivity contribution >= 4 is 22.8 Å². The Kier molecular flexibility index (Phi) is 8.31. The molecular weight excluding hydrogens is 400 g/mol. The summed E-state index contributed by atoms with van der Waals surface area (Å²) >= 11 is 0. The number of nitrogens with one attached hydrogen (secondary N) is 2. The smallest absolute Gasteiger partial charge is 0.317 e. The fourth-order valence-corrected chi connectivity index (χ4v) is 3.88. The monoisotopic (exact) mass is 434 g/mol. The number of benzene rings is 2. The van der Waals surface area contributed by atoms with Crippen LogP contribution in [0, 0.1) is 5.92 Å². The SMILES string of the molecule is CCNC(=O)N(CC(=O)N(CCc1c[nH]c2ccccc12)Cc1ccccc1)CC(C)C. The number of aromatic nitrogens is 1. The summed E-state index contributed by atoms with van der Waals surface area (Å²) in [6.45, 7) is 8.24. The molecule has 3 amide bonds. The third-order valence-electron chi connectivity index (χ3n) is 5.42. The summed E-state index contributed by atoms with van der Waals surface area (Å²) < 4.78 is 0. The number of hydrogen-bond acceptors (Lipinski definition) is 2. The maximum atomic E-state index is 13.4. The molecule has 2 N–H and O–H groups in total. The van der Waals surface area contributed by atoms with E-state index in [0.29, 0.717) is 26.2 Å². The van der Waals surface area contributed by atoms with Crippen LogP contribution in [-0.2, 0) is 17.8 Å². The van der Waals surface area contributed by atoms with Gasteiger partial charge in [-0.3, -0.25) is 4.79 Å². The van der Waals surface area contributed by atoms with Crippen LogP contribution in [0.1, 0.15) is 31.9 Å². The average Bonchev–Trinajstić information content (AvgIpc) is 3.20. The molecule has 1 aromatic heterocycles. The number of H-pyrrole nitrogens is 1. The van der Waals surface area contributed by atoms with Crippen LogP contribution in [0.5, 0.6) is 0 Å². The van der Waals surface area contributed by atoms with E-state index in [1.165, 1.54) is 10.9 Å². The van der Waals surface area contributed by atoms with Gasteiger partial charge < -0.3 is 20.1 Å². The van der Waals surface area contributed by atoms with Crippen LogP contribution >= 0.6 is 0 Å². The number of para-hydroxylation sites is 1. The molecule has 0 spiro atoms. The first-order valence-corrected chi connectivity index (χ1v) is 11.4. The molecule has 0 unspecified atom stereocenters. The fourth-order valence-electron chi connectivity index (χ4n) is 3.88. The summed E-state index contributed by atoms with van der Waals surface area (Å²) in [7, 11) is 0. The number of fused-ring (bicyclic) bond motifs is 1. The predicted molar refractivity (Wildman–Crippen MR) is 129 cm³/mol. The van der Waals surface area contributed by atoms with E-state index in [4.69, 9.17) is 0 Å². The maximum absolute atomic E-state index is 13.4. The molecule has 170 valence electrons. The first-order chi connectivity index (χ1) is 15.5. The van der Waals surface area contributed by atoms with E-state index in [1.54, 1.807) is 4.90 Å². The number of hydrogen-bond donors (Lipinski definition) is 2. The Balaban J connectivity index is 1.76. The van der Waals surface area contributed by atoms with E-state index >= 15 is 0 Å². The Morgan fingerprint density at radius 1 is 1.00 bits per heavy atom. The van der Waals surface area contributed by atoms with Crippen LogP contribution in [-0.4, -0.2) is 52.9 Å². The summed E-state index contributed by atoms with van der Waals surface area (Å²) in [4.78, 5) is 32.7. The number of nitrogens with zero attached hydrogens (tertiary/aromatic N) is 2. The first kappa shape index (κ1) is 23.4. The van der Waals surface area contributed by atoms with Gasteiger partial charge in [-0.25, -0.2) is 4.79 Å². The van der Waals surface area contributed by atoms with Gasteiger partial charge in [0, 0.05) is 43.3 Å². The van der Waals surface area contributed by atoms with Gasteiger partial charge in [0.25, 0.3) is 0 Å². The molecule has 3 aromatic rings. The molecule has 2 aromatic carbocycles. The second-order valence-corrected chi connectivity index (χ2v) is 8.52. The number of carbonyl (C=O) groups is 2. The minimum atomic E-state index is -0.189. The number of aromatic amines is 1. The Bertz CT molecular complexity index is 1010. The van der Waals surface area contributed by atoms with Crippen molar-refractivity contribution in [1.29, 1.82) is 0 Å². The molecule has 0 radical (unpaired) electrons. The second kappa shape index (κ2) is 11.4. The van der Waals surface area contributed by atoms with Crippen molar-refractivity contribution in [2.24, 2.45) is 5.92 Å². The third kappa shape index (κ3) is 6.36. The van der Waals surface area contributed by atoms with Crippen molar-refractivity contribution in [1.82, 2.24) is 20.1 Å². The van der Waals surface area contributed by atoms with Crippen LogP contribution in [0.25, 0.3) is 10.9 Å². The molecule has 0 saturated carbocycles. The van der Waals surface area contributed by atoms with Crippen LogP contribution in [0.15, 0.2) is 60.8 Å². The zero-order valence-corrected chi connectivity index (χ0v) is 19.3. The zero-order valence-electron chi connectivity index (χ0n) is 19.3. The van der Waals surface area contributed by atoms with Crippen molar-refractivity contribution in [3.05, 3.63) is 71.9 Å². The number of rotatable bonds is 10. The molecule has 32 heavy (non-hydrogen) atoms. The van der Waals surface area contributed by atoms with Gasteiger partial charge in [-0.2, -0.15) is 0 Å². The number of carbonyl (C=O) groups excluding carboxylic acids is 2. The van der Waals surface area contributed by atoms with Gasteiger partial charge in [-0.1, -0.05) is 62.4 Å². The molecule has 0 aliphatic heterocycles. The van der Waals surface area contributed by atoms with E-state index in [2.05, 4.69) is 36.3 Å². The lowest BCUT2D eigenvalue weighted by Crippen LogP contribution is -2.48.